The van der Waals surface area contributed by atoms with E-state index in [0.717, 1.165) is 0 Å². The van der Waals surface area contributed by atoms with Crippen LogP contribution >= 0.6 is 11.8 Å². The van der Waals surface area contributed by atoms with Crippen molar-refractivity contribution in [3.05, 3.63) is 119 Å². The molecule has 3 aliphatic carbocycles. The molecule has 320 valence electrons. The van der Waals surface area contributed by atoms with Gasteiger partial charge in [0.2, 0.25) is 0 Å². The summed E-state index contributed by atoms with van der Waals surface area (Å²) in [6.07, 6.45) is -7.30. The average molecular weight is 1280 g/mol. The standard InChI is InChI=1S/C45H51NO12S.2Ac/c1-25-29(57-41(52)35(48)33(26-15-9-6-10-16-26)46-39(50)27-17-11-7-12-18-27)22-45(54)38(58-40(51)28-19-13-8-14-20-28)36-43(4,37(49)34(47)32(25)42(45,2)3)30(56-24-59-5)21-31-44(36,53)23-55-31;;/h6-20,29-31,33-36,38,47-48,53-54H,21-24H2,1-5H3,(H,46,50);;/t29?,30?,31?,33?,34?,35?,36?,38?,43-,44+,45?;;/m1../s1. The van der Waals surface area contributed by atoms with Crippen molar-refractivity contribution in [2.45, 2.75) is 94.4 Å². The number of benzene rings is 3. The normalized spacial score (nSPS) is 32.0. The molecule has 1 saturated heterocycles. The number of rotatable bonds is 11. The molecule has 11 atom stereocenters. The predicted molar refractivity (Wildman–Crippen MR) is 216 cm³/mol. The van der Waals surface area contributed by atoms with Gasteiger partial charge in [0, 0.05) is 118 Å². The van der Waals surface area contributed by atoms with E-state index in [9.17, 15) is 34.8 Å². The Balaban J connectivity index is 0.00000352. The smallest absolute Gasteiger partial charge is 0.338 e. The third-order valence-corrected chi connectivity index (χ3v) is 13.6. The van der Waals surface area contributed by atoms with Gasteiger partial charge in [-0.15, -0.1) is 11.8 Å². The number of fused-ring (bicyclic) bond motifs is 5. The van der Waals surface area contributed by atoms with Gasteiger partial charge < -0.3 is 44.7 Å². The molecule has 1 amide bonds. The van der Waals surface area contributed by atoms with E-state index >= 15 is 4.79 Å². The van der Waals surface area contributed by atoms with E-state index in [1.165, 1.54) is 23.9 Å². The quantitative estimate of drug-likeness (QED) is 0.105. The Morgan fingerprint density at radius 3 is 2.03 bits per heavy atom. The van der Waals surface area contributed by atoms with Gasteiger partial charge in [-0.1, -0.05) is 80.6 Å². The Bertz CT molecular complexity index is 2110. The van der Waals surface area contributed by atoms with Gasteiger partial charge >= 0.3 is 11.9 Å². The third-order valence-electron chi connectivity index (χ3n) is 13.3. The van der Waals surface area contributed by atoms with Gasteiger partial charge in [0.15, 0.2) is 11.9 Å². The van der Waals surface area contributed by atoms with E-state index in [2.05, 4.69) is 5.32 Å². The monoisotopic (exact) mass is 1280 g/mol. The molecule has 0 spiro atoms. The molecule has 5 N–H and O–H groups in total. The number of aliphatic hydroxyl groups is 4. The van der Waals surface area contributed by atoms with Gasteiger partial charge in [-0.3, -0.25) is 9.59 Å². The maximum absolute atomic E-state index is 15.2. The number of aliphatic hydroxyl groups excluding tert-OH is 2. The average Bonchev–Trinajstić information content (AvgIpc) is 3.23. The number of hydrogen-bond donors (Lipinski definition) is 5. The van der Waals surface area contributed by atoms with Crippen LogP contribution in [-0.2, 0) is 28.5 Å². The second-order valence-electron chi connectivity index (χ2n) is 16.8. The van der Waals surface area contributed by atoms with Crippen molar-refractivity contribution in [1.82, 2.24) is 5.32 Å². The zero-order valence-electron chi connectivity index (χ0n) is 34.7. The molecule has 2 saturated carbocycles. The van der Waals surface area contributed by atoms with Gasteiger partial charge in [0.25, 0.3) is 5.91 Å². The SMILES string of the molecule is CSCOC1CC2OC[C@@]2(O)C2C(OC(=O)c3ccccc3)C3(O)CC(OC(=O)C(O)C(NC(=O)c4ccccc4)c4ccccc4)C(C)=C(C(O)C(=O)[C@]12C)C3(C)C.[Ac].[Ac]. The third kappa shape index (κ3) is 8.93. The molecule has 0 aromatic heterocycles. The van der Waals surface area contributed by atoms with Crippen LogP contribution in [0.5, 0.6) is 0 Å². The zero-order valence-corrected chi connectivity index (χ0v) is 45.0. The van der Waals surface area contributed by atoms with Crippen molar-refractivity contribution in [3.8, 4) is 0 Å². The van der Waals surface area contributed by atoms with Crippen LogP contribution in [0.15, 0.2) is 102 Å². The van der Waals surface area contributed by atoms with Crippen molar-refractivity contribution < 1.29 is 147 Å². The van der Waals surface area contributed by atoms with Crippen LogP contribution in [0, 0.1) is 105 Å². The zero-order chi connectivity index (χ0) is 42.5. The summed E-state index contributed by atoms with van der Waals surface area (Å²) < 4.78 is 24.6. The molecule has 3 aromatic rings. The number of ketones is 1. The first-order valence-electron chi connectivity index (χ1n) is 19.7. The van der Waals surface area contributed by atoms with E-state index in [0.29, 0.717) is 5.56 Å². The molecule has 9 unspecified atom stereocenters. The summed E-state index contributed by atoms with van der Waals surface area (Å²) in [4.78, 5) is 56.8. The number of Topliss-reactive ketones (excluding diaryl/α,β-unsaturated/α-hetero) is 1. The summed E-state index contributed by atoms with van der Waals surface area (Å²) in [7, 11) is 0. The second-order valence-corrected chi connectivity index (χ2v) is 17.6. The van der Waals surface area contributed by atoms with Gasteiger partial charge in [-0.25, -0.2) is 9.59 Å². The summed E-state index contributed by atoms with van der Waals surface area (Å²) in [5.74, 6) is -4.56. The van der Waals surface area contributed by atoms with Crippen LogP contribution in [-0.4, -0.2) is 111 Å². The van der Waals surface area contributed by atoms with Crippen LogP contribution in [0.25, 0.3) is 0 Å². The molecule has 16 heteroatoms. The minimum absolute atomic E-state index is 0. The summed E-state index contributed by atoms with van der Waals surface area (Å²) >= 11 is 1.36. The molecule has 13 nitrogen and oxygen atoms in total. The molecule has 1 aliphatic heterocycles. The van der Waals surface area contributed by atoms with Crippen molar-refractivity contribution in [2.24, 2.45) is 16.7 Å². The number of nitrogens with one attached hydrogen (secondary N) is 1. The fourth-order valence-electron chi connectivity index (χ4n) is 9.91. The Morgan fingerprint density at radius 1 is 0.902 bits per heavy atom. The number of thioether (sulfide) groups is 1. The van der Waals surface area contributed by atoms with E-state index in [1.807, 2.05) is 6.26 Å². The fraction of sp³-hybridized carbons (Fsp3) is 0.467. The molecule has 1 heterocycles. The van der Waals surface area contributed by atoms with Gasteiger partial charge in [-0.05, 0) is 61.1 Å². The van der Waals surface area contributed by atoms with Crippen LogP contribution in [0.4, 0.5) is 0 Å². The van der Waals surface area contributed by atoms with Gasteiger partial charge in [0.1, 0.15) is 29.5 Å². The van der Waals surface area contributed by atoms with E-state index in [-0.39, 0.29) is 129 Å². The maximum Gasteiger partial charge on any atom is 0.338 e. The summed E-state index contributed by atoms with van der Waals surface area (Å²) in [5.41, 5.74) is -6.29. The molecule has 2 radical (unpaired) electrons. The minimum atomic E-state index is -2.26. The first-order valence-corrected chi connectivity index (χ1v) is 21.1. The van der Waals surface area contributed by atoms with E-state index < -0.39 is 101 Å². The number of carbonyl (C=O) groups excluding carboxylic acids is 4. The fourth-order valence-corrected chi connectivity index (χ4v) is 10.2. The van der Waals surface area contributed by atoms with Crippen molar-refractivity contribution in [3.63, 3.8) is 0 Å². The molecule has 4 aliphatic rings. The van der Waals surface area contributed by atoms with Crippen LogP contribution in [0.2, 0.25) is 0 Å². The van der Waals surface area contributed by atoms with Gasteiger partial charge in [-0.2, -0.15) is 0 Å². The summed E-state index contributed by atoms with van der Waals surface area (Å²) in [6, 6.07) is 23.5. The first-order chi connectivity index (χ1) is 28.0. The van der Waals surface area contributed by atoms with Crippen LogP contribution in [0.1, 0.15) is 72.9 Å². The molecule has 3 aromatic carbocycles. The Hall–Kier alpha value is -1.53. The summed E-state index contributed by atoms with van der Waals surface area (Å²) in [6.45, 7) is 6.10. The van der Waals surface area contributed by atoms with Crippen molar-refractivity contribution in [1.29, 1.82) is 0 Å². The molecule has 7 rings (SSSR count). The number of amides is 1. The number of ether oxygens (including phenoxy) is 4. The minimum Gasteiger partial charge on any atom is -0.456 e. The Labute approximate surface area is 431 Å². The molecular formula is C45H51Ac2NO12S. The molecule has 61 heavy (non-hydrogen) atoms. The van der Waals surface area contributed by atoms with Crippen LogP contribution in [0.3, 0.4) is 0 Å². The predicted octanol–water partition coefficient (Wildman–Crippen LogP) is 3.94. The molecular weight excluding hydrogens is 1230 g/mol. The van der Waals surface area contributed by atoms with Crippen LogP contribution < -0.4 is 5.32 Å². The number of esters is 2. The maximum atomic E-state index is 15.2. The van der Waals surface area contributed by atoms with Gasteiger partial charge in [0.05, 0.1) is 41.8 Å². The molecule has 2 bridgehead atoms. The Morgan fingerprint density at radius 2 is 1.48 bits per heavy atom. The number of hydrogen-bond acceptors (Lipinski definition) is 13. The Kier molecular flexibility index (Phi) is 16.5. The molecule has 3 fully saturated rings. The van der Waals surface area contributed by atoms with Crippen molar-refractivity contribution >= 4 is 35.4 Å². The number of carbonyl (C=O) groups is 4. The summed E-state index contributed by atoms with van der Waals surface area (Å²) in [5, 5.41) is 52.8. The van der Waals surface area contributed by atoms with E-state index in [1.54, 1.807) is 107 Å². The first kappa shape index (κ1) is 50.5. The van der Waals surface area contributed by atoms with E-state index in [4.69, 9.17) is 18.9 Å². The van der Waals surface area contributed by atoms with Crippen molar-refractivity contribution in [2.75, 3.05) is 18.8 Å². The largest absolute Gasteiger partial charge is 0.456 e. The second kappa shape index (κ2) is 19.9. The topological polar surface area (TPSA) is 198 Å².